The van der Waals surface area contributed by atoms with Crippen LogP contribution < -0.4 is 20.1 Å². The lowest BCUT2D eigenvalue weighted by atomic mass is 9.78. The Bertz CT molecular complexity index is 840. The van der Waals surface area contributed by atoms with E-state index in [1.54, 1.807) is 6.07 Å². The molecule has 0 radical (unpaired) electrons. The van der Waals surface area contributed by atoms with Gasteiger partial charge < -0.3 is 24.5 Å². The third kappa shape index (κ3) is 3.83. The van der Waals surface area contributed by atoms with E-state index in [0.717, 1.165) is 42.7 Å². The van der Waals surface area contributed by atoms with Crippen molar-refractivity contribution < 1.29 is 23.5 Å². The summed E-state index contributed by atoms with van der Waals surface area (Å²) in [4.78, 5) is 24.2. The van der Waals surface area contributed by atoms with Gasteiger partial charge in [-0.25, -0.2) is 0 Å². The maximum Gasteiger partial charge on any atom is 0.254 e. The molecule has 1 aliphatic carbocycles. The summed E-state index contributed by atoms with van der Waals surface area (Å²) in [6.07, 6.45) is 7.04. The third-order valence-electron chi connectivity index (χ3n) is 5.53. The Morgan fingerprint density at radius 1 is 1.00 bits per heavy atom. The predicted molar refractivity (Wildman–Crippen MR) is 102 cm³/mol. The van der Waals surface area contributed by atoms with Crippen LogP contribution >= 0.6 is 0 Å². The van der Waals surface area contributed by atoms with E-state index in [1.165, 1.54) is 12.5 Å². The van der Waals surface area contributed by atoms with Crippen LogP contribution in [-0.2, 0) is 10.2 Å². The molecule has 0 bridgehead atoms. The zero-order valence-electron chi connectivity index (χ0n) is 15.7. The summed E-state index contributed by atoms with van der Waals surface area (Å²) in [5, 5.41) is 5.60. The van der Waals surface area contributed by atoms with Crippen molar-refractivity contribution in [1.82, 2.24) is 10.6 Å². The number of ether oxygens (including phenoxy) is 2. The Labute approximate surface area is 163 Å². The SMILES string of the molecule is O=C(CNC(=O)c1ccoc1)NCC1(c2ccc3c(c2)OCCO3)CCCC1. The first-order valence-electron chi connectivity index (χ1n) is 9.64. The third-order valence-corrected chi connectivity index (χ3v) is 5.53. The predicted octanol–water partition coefficient (Wildman–Crippen LogP) is 2.41. The van der Waals surface area contributed by atoms with E-state index in [4.69, 9.17) is 13.9 Å². The summed E-state index contributed by atoms with van der Waals surface area (Å²) in [5.41, 5.74) is 1.45. The van der Waals surface area contributed by atoms with Gasteiger partial charge in [0, 0.05) is 12.0 Å². The van der Waals surface area contributed by atoms with E-state index in [9.17, 15) is 9.59 Å². The molecule has 7 heteroatoms. The summed E-state index contributed by atoms with van der Waals surface area (Å²) < 4.78 is 16.2. The molecule has 1 aromatic heterocycles. The molecule has 2 aliphatic rings. The van der Waals surface area contributed by atoms with Crippen LogP contribution in [0.4, 0.5) is 0 Å². The molecule has 148 valence electrons. The van der Waals surface area contributed by atoms with Gasteiger partial charge in [0.15, 0.2) is 11.5 Å². The van der Waals surface area contributed by atoms with Gasteiger partial charge in [0.1, 0.15) is 19.5 Å². The van der Waals surface area contributed by atoms with Crippen LogP contribution in [-0.4, -0.2) is 38.1 Å². The average Bonchev–Trinajstić information content (AvgIpc) is 3.43. The number of carbonyl (C=O) groups is 2. The first-order valence-corrected chi connectivity index (χ1v) is 9.64. The monoisotopic (exact) mass is 384 g/mol. The second-order valence-corrected chi connectivity index (χ2v) is 7.32. The van der Waals surface area contributed by atoms with Gasteiger partial charge >= 0.3 is 0 Å². The number of rotatable bonds is 6. The number of benzene rings is 1. The van der Waals surface area contributed by atoms with E-state index < -0.39 is 0 Å². The highest BCUT2D eigenvalue weighted by Gasteiger charge is 2.36. The minimum atomic E-state index is -0.327. The van der Waals surface area contributed by atoms with Crippen LogP contribution in [0, 0.1) is 0 Å². The largest absolute Gasteiger partial charge is 0.486 e. The molecular weight excluding hydrogens is 360 g/mol. The fraction of sp³-hybridized carbons (Fsp3) is 0.429. The smallest absolute Gasteiger partial charge is 0.254 e. The molecule has 2 N–H and O–H groups in total. The van der Waals surface area contributed by atoms with Crippen molar-refractivity contribution >= 4 is 11.8 Å². The molecule has 28 heavy (non-hydrogen) atoms. The van der Waals surface area contributed by atoms with Crippen LogP contribution in [0.15, 0.2) is 41.2 Å². The Kier molecular flexibility index (Phi) is 5.23. The summed E-state index contributed by atoms with van der Waals surface area (Å²) in [6, 6.07) is 7.64. The summed E-state index contributed by atoms with van der Waals surface area (Å²) in [6.45, 7) is 1.59. The molecule has 1 aromatic carbocycles. The lowest BCUT2D eigenvalue weighted by Crippen LogP contribution is -2.43. The second kappa shape index (κ2) is 7.96. The second-order valence-electron chi connectivity index (χ2n) is 7.32. The number of hydrogen-bond acceptors (Lipinski definition) is 5. The maximum atomic E-state index is 12.3. The van der Waals surface area contributed by atoms with Gasteiger partial charge in [-0.2, -0.15) is 0 Å². The Morgan fingerprint density at radius 2 is 1.79 bits per heavy atom. The van der Waals surface area contributed by atoms with E-state index in [2.05, 4.69) is 16.7 Å². The summed E-state index contributed by atoms with van der Waals surface area (Å²) in [7, 11) is 0. The normalized spacial score (nSPS) is 17.1. The van der Waals surface area contributed by atoms with Crippen molar-refractivity contribution in [3.05, 3.63) is 47.9 Å². The highest BCUT2D eigenvalue weighted by molar-refractivity contribution is 5.96. The van der Waals surface area contributed by atoms with Gasteiger partial charge in [-0.1, -0.05) is 18.9 Å². The van der Waals surface area contributed by atoms with Crippen molar-refractivity contribution in [2.75, 3.05) is 26.3 Å². The Hall–Kier alpha value is -2.96. The first-order chi connectivity index (χ1) is 13.7. The molecule has 0 saturated heterocycles. The minimum Gasteiger partial charge on any atom is -0.486 e. The van der Waals surface area contributed by atoms with Crippen molar-refractivity contribution in [1.29, 1.82) is 0 Å². The zero-order valence-corrected chi connectivity index (χ0v) is 15.7. The molecule has 1 aliphatic heterocycles. The summed E-state index contributed by atoms with van der Waals surface area (Å²) in [5.74, 6) is 1.01. The van der Waals surface area contributed by atoms with Gasteiger partial charge in [-0.05, 0) is 36.6 Å². The van der Waals surface area contributed by atoms with Crippen LogP contribution in [0.5, 0.6) is 11.5 Å². The van der Waals surface area contributed by atoms with Crippen molar-refractivity contribution in [2.24, 2.45) is 0 Å². The molecule has 0 unspecified atom stereocenters. The minimum absolute atomic E-state index is 0.0682. The highest BCUT2D eigenvalue weighted by atomic mass is 16.6. The number of nitrogens with one attached hydrogen (secondary N) is 2. The number of fused-ring (bicyclic) bond motifs is 1. The van der Waals surface area contributed by atoms with Gasteiger partial charge in [0.25, 0.3) is 5.91 Å². The lowest BCUT2D eigenvalue weighted by molar-refractivity contribution is -0.120. The van der Waals surface area contributed by atoms with E-state index in [0.29, 0.717) is 25.3 Å². The van der Waals surface area contributed by atoms with Crippen LogP contribution in [0.1, 0.15) is 41.6 Å². The highest BCUT2D eigenvalue weighted by Crippen LogP contribution is 2.43. The van der Waals surface area contributed by atoms with Crippen molar-refractivity contribution in [2.45, 2.75) is 31.1 Å². The van der Waals surface area contributed by atoms with E-state index in [1.807, 2.05) is 12.1 Å². The molecule has 1 saturated carbocycles. The fourth-order valence-electron chi connectivity index (χ4n) is 3.98. The fourth-order valence-corrected chi connectivity index (χ4v) is 3.98. The van der Waals surface area contributed by atoms with Crippen LogP contribution in [0.25, 0.3) is 0 Å². The molecule has 1 fully saturated rings. The lowest BCUT2D eigenvalue weighted by Gasteiger charge is -2.31. The number of furan rings is 1. The number of amides is 2. The molecule has 2 heterocycles. The van der Waals surface area contributed by atoms with E-state index >= 15 is 0 Å². The zero-order chi connectivity index (χ0) is 19.4. The number of carbonyl (C=O) groups excluding carboxylic acids is 2. The van der Waals surface area contributed by atoms with Crippen molar-refractivity contribution in [3.8, 4) is 11.5 Å². The van der Waals surface area contributed by atoms with E-state index in [-0.39, 0.29) is 23.8 Å². The number of hydrogen-bond donors (Lipinski definition) is 2. The molecule has 0 spiro atoms. The molecule has 4 rings (SSSR count). The van der Waals surface area contributed by atoms with Gasteiger partial charge in [-0.15, -0.1) is 0 Å². The molecular formula is C21H24N2O5. The standard InChI is InChI=1S/C21H24N2O5/c24-19(12-22-20(25)15-5-8-26-13-15)23-14-21(6-1-2-7-21)16-3-4-17-18(11-16)28-10-9-27-17/h3-5,8,11,13H,1-2,6-7,9-10,12,14H2,(H,22,25)(H,23,24). The van der Waals surface area contributed by atoms with Gasteiger partial charge in [-0.3, -0.25) is 9.59 Å². The topological polar surface area (TPSA) is 89.8 Å². The van der Waals surface area contributed by atoms with Crippen LogP contribution in [0.2, 0.25) is 0 Å². The van der Waals surface area contributed by atoms with Gasteiger partial charge in [0.05, 0.1) is 18.4 Å². The van der Waals surface area contributed by atoms with Gasteiger partial charge in [0.2, 0.25) is 5.91 Å². The molecule has 2 aromatic rings. The molecule has 2 amide bonds. The quantitative estimate of drug-likeness (QED) is 0.798. The van der Waals surface area contributed by atoms with Crippen molar-refractivity contribution in [3.63, 3.8) is 0 Å². The molecule has 0 atom stereocenters. The first kappa shape index (κ1) is 18.4. The summed E-state index contributed by atoms with van der Waals surface area (Å²) >= 11 is 0. The Balaban J connectivity index is 1.38. The average molecular weight is 384 g/mol. The Morgan fingerprint density at radius 3 is 2.54 bits per heavy atom. The van der Waals surface area contributed by atoms with Crippen LogP contribution in [0.3, 0.4) is 0 Å². The molecule has 7 nitrogen and oxygen atoms in total. The maximum absolute atomic E-state index is 12.3.